The van der Waals surface area contributed by atoms with Crippen LogP contribution in [0.3, 0.4) is 0 Å². The maximum absolute atomic E-state index is 13.3. The van der Waals surface area contributed by atoms with Crippen LogP contribution in [-0.2, 0) is 16.1 Å². The molecule has 2 aromatic carbocycles. The number of anilines is 1. The number of ether oxygens (including phenoxy) is 2. The lowest BCUT2D eigenvalue weighted by atomic mass is 10.1. The number of thiazole rings is 1. The molecule has 6 nitrogen and oxygen atoms in total. The molecule has 156 valence electrons. The molecule has 0 unspecified atom stereocenters. The van der Waals surface area contributed by atoms with E-state index < -0.39 is 5.91 Å². The van der Waals surface area contributed by atoms with Gasteiger partial charge >= 0.3 is 0 Å². The molecule has 3 rings (SSSR count). The Balaban J connectivity index is 0.00000145. The van der Waals surface area contributed by atoms with Gasteiger partial charge in [0.25, 0.3) is 5.91 Å². The zero-order chi connectivity index (χ0) is 21.4. The summed E-state index contributed by atoms with van der Waals surface area (Å²) in [6.07, 6.45) is 0. The van der Waals surface area contributed by atoms with E-state index in [1.165, 1.54) is 30.3 Å². The third kappa shape index (κ3) is 6.11. The number of amides is 1. The highest BCUT2D eigenvalue weighted by Gasteiger charge is 2.18. The fraction of sp³-hybridized carbons (Fsp3) is 0.300. The van der Waals surface area contributed by atoms with Crippen LogP contribution in [0.4, 0.5) is 9.52 Å². The molecule has 9 heteroatoms. The van der Waals surface area contributed by atoms with Crippen molar-refractivity contribution in [2.45, 2.75) is 20.5 Å². The number of carbonyl (C=O) groups excluding carboxylic acids is 1. The third-order valence-corrected chi connectivity index (χ3v) is 4.81. The Morgan fingerprint density at radius 1 is 1.28 bits per heavy atom. The number of aromatic nitrogens is 1. The Hall–Kier alpha value is -2.26. The van der Waals surface area contributed by atoms with E-state index in [0.717, 1.165) is 11.3 Å². The van der Waals surface area contributed by atoms with Crippen molar-refractivity contribution in [3.05, 3.63) is 52.3 Å². The largest absolute Gasteiger partial charge is 0.507 e. The fourth-order valence-corrected chi connectivity index (χ4v) is 3.51. The number of aromatic hydroxyl groups is 1. The minimum atomic E-state index is -0.576. The summed E-state index contributed by atoms with van der Waals surface area (Å²) in [5.41, 5.74) is 0.952. The molecule has 0 bridgehead atoms. The van der Waals surface area contributed by atoms with Crippen LogP contribution in [0, 0.1) is 5.82 Å². The first-order chi connectivity index (χ1) is 14.0. The van der Waals surface area contributed by atoms with Crippen molar-refractivity contribution in [2.75, 3.05) is 25.6 Å². The summed E-state index contributed by atoms with van der Waals surface area (Å²) in [6, 6.07) is 7.06. The Kier molecular flexibility index (Phi) is 8.78. The molecule has 1 heterocycles. The van der Waals surface area contributed by atoms with E-state index in [4.69, 9.17) is 21.1 Å². The normalized spacial score (nSPS) is 10.5. The van der Waals surface area contributed by atoms with E-state index in [0.29, 0.717) is 29.0 Å². The summed E-state index contributed by atoms with van der Waals surface area (Å²) in [5, 5.41) is 13.6. The van der Waals surface area contributed by atoms with Crippen molar-refractivity contribution in [1.82, 2.24) is 4.98 Å². The van der Waals surface area contributed by atoms with Crippen molar-refractivity contribution in [3.63, 3.8) is 0 Å². The van der Waals surface area contributed by atoms with Gasteiger partial charge in [0.2, 0.25) is 0 Å². The van der Waals surface area contributed by atoms with Crippen molar-refractivity contribution < 1.29 is 23.8 Å². The zero-order valence-corrected chi connectivity index (χ0v) is 17.9. The van der Waals surface area contributed by atoms with Crippen molar-refractivity contribution >= 4 is 44.2 Å². The topological polar surface area (TPSA) is 80.7 Å². The van der Waals surface area contributed by atoms with Crippen LogP contribution in [0.5, 0.6) is 5.75 Å². The Labute approximate surface area is 177 Å². The number of rotatable bonds is 7. The number of hydrogen-bond acceptors (Lipinski definition) is 6. The molecule has 1 aromatic heterocycles. The van der Waals surface area contributed by atoms with Gasteiger partial charge in [-0.3, -0.25) is 10.1 Å². The SMILES string of the molecule is CC.COCCOCc1cc(Cl)cc(C(=O)Nc2nc3ccc(F)cc3s2)c1O. The second kappa shape index (κ2) is 11.1. The summed E-state index contributed by atoms with van der Waals surface area (Å²) >= 11 is 7.20. The van der Waals surface area contributed by atoms with Crippen molar-refractivity contribution in [1.29, 1.82) is 0 Å². The van der Waals surface area contributed by atoms with Gasteiger partial charge in [0.15, 0.2) is 5.13 Å². The first-order valence-electron chi connectivity index (χ1n) is 8.93. The van der Waals surface area contributed by atoms with E-state index in [1.54, 1.807) is 7.11 Å². The molecule has 0 saturated carbocycles. The molecule has 29 heavy (non-hydrogen) atoms. The number of hydrogen-bond donors (Lipinski definition) is 2. The average molecular weight is 441 g/mol. The van der Waals surface area contributed by atoms with Gasteiger partial charge in [-0.05, 0) is 30.3 Å². The minimum Gasteiger partial charge on any atom is -0.507 e. The van der Waals surface area contributed by atoms with Gasteiger partial charge in [-0.15, -0.1) is 0 Å². The summed E-state index contributed by atoms with van der Waals surface area (Å²) in [4.78, 5) is 16.8. The lowest BCUT2D eigenvalue weighted by molar-refractivity contribution is 0.0607. The minimum absolute atomic E-state index is 0.00159. The van der Waals surface area contributed by atoms with Gasteiger partial charge in [-0.2, -0.15) is 0 Å². The Morgan fingerprint density at radius 3 is 2.76 bits per heavy atom. The molecular formula is C20H22ClFN2O4S. The number of benzene rings is 2. The number of nitrogens with one attached hydrogen (secondary N) is 1. The maximum atomic E-state index is 13.3. The summed E-state index contributed by atoms with van der Waals surface area (Å²) < 4.78 is 24.2. The lowest BCUT2D eigenvalue weighted by Gasteiger charge is -2.11. The number of phenols is 1. The predicted octanol–water partition coefficient (Wildman–Crippen LogP) is 5.24. The van der Waals surface area contributed by atoms with Gasteiger partial charge < -0.3 is 14.6 Å². The molecule has 2 N–H and O–H groups in total. The van der Waals surface area contributed by atoms with Gasteiger partial charge in [-0.25, -0.2) is 9.37 Å². The first-order valence-corrected chi connectivity index (χ1v) is 10.1. The second-order valence-electron chi connectivity index (χ2n) is 5.59. The van der Waals surface area contributed by atoms with Crippen LogP contribution >= 0.6 is 22.9 Å². The highest BCUT2D eigenvalue weighted by atomic mass is 35.5. The van der Waals surface area contributed by atoms with E-state index in [1.807, 2.05) is 13.8 Å². The van der Waals surface area contributed by atoms with E-state index in [2.05, 4.69) is 10.3 Å². The third-order valence-electron chi connectivity index (χ3n) is 3.66. The lowest BCUT2D eigenvalue weighted by Crippen LogP contribution is -2.13. The van der Waals surface area contributed by atoms with Crippen LogP contribution in [0.1, 0.15) is 29.8 Å². The van der Waals surface area contributed by atoms with Gasteiger partial charge in [0, 0.05) is 17.7 Å². The molecule has 3 aromatic rings. The Bertz CT molecular complexity index is 981. The molecule has 0 aliphatic rings. The molecule has 0 aliphatic carbocycles. The second-order valence-corrected chi connectivity index (χ2v) is 7.06. The molecule has 0 fully saturated rings. The quantitative estimate of drug-likeness (QED) is 0.491. The zero-order valence-electron chi connectivity index (χ0n) is 16.3. The number of halogens is 2. The standard InChI is InChI=1S/C18H16ClFN2O4S.C2H6/c1-25-4-5-26-9-10-6-11(19)7-13(16(10)23)17(24)22-18-21-14-3-2-12(20)8-15(14)27-18;1-2/h2-3,6-8,23H,4-5,9H2,1H3,(H,21,22,24);1-2H3. The summed E-state index contributed by atoms with van der Waals surface area (Å²) in [5.74, 6) is -1.18. The maximum Gasteiger partial charge on any atom is 0.261 e. The van der Waals surface area contributed by atoms with Crippen molar-refractivity contribution in [3.8, 4) is 5.75 Å². The highest BCUT2D eigenvalue weighted by molar-refractivity contribution is 7.22. The van der Waals surface area contributed by atoms with E-state index in [9.17, 15) is 14.3 Å². The molecule has 0 spiro atoms. The van der Waals surface area contributed by atoms with Gasteiger partial charge in [-0.1, -0.05) is 36.8 Å². The van der Waals surface area contributed by atoms with Gasteiger partial charge in [0.05, 0.1) is 35.6 Å². The molecular weight excluding hydrogens is 419 g/mol. The number of fused-ring (bicyclic) bond motifs is 1. The van der Waals surface area contributed by atoms with Crippen LogP contribution in [0.2, 0.25) is 5.02 Å². The highest BCUT2D eigenvalue weighted by Crippen LogP contribution is 2.30. The molecule has 0 saturated heterocycles. The van der Waals surface area contributed by atoms with Gasteiger partial charge in [0.1, 0.15) is 11.6 Å². The van der Waals surface area contributed by atoms with Crippen LogP contribution in [0.25, 0.3) is 10.2 Å². The van der Waals surface area contributed by atoms with Crippen LogP contribution in [0.15, 0.2) is 30.3 Å². The number of nitrogens with zero attached hydrogens (tertiary/aromatic N) is 1. The molecule has 0 radical (unpaired) electrons. The van der Waals surface area contributed by atoms with E-state index in [-0.39, 0.29) is 33.9 Å². The van der Waals surface area contributed by atoms with E-state index >= 15 is 0 Å². The summed E-state index contributed by atoms with van der Waals surface area (Å²) in [7, 11) is 1.55. The fourth-order valence-electron chi connectivity index (χ4n) is 2.38. The smallest absolute Gasteiger partial charge is 0.261 e. The molecule has 1 amide bonds. The van der Waals surface area contributed by atoms with Crippen molar-refractivity contribution in [2.24, 2.45) is 0 Å². The van der Waals surface area contributed by atoms with Crippen LogP contribution in [-0.4, -0.2) is 36.3 Å². The molecule has 0 aliphatic heterocycles. The molecule has 0 atom stereocenters. The Morgan fingerprint density at radius 2 is 2.03 bits per heavy atom. The number of carbonyl (C=O) groups is 1. The summed E-state index contributed by atoms with van der Waals surface area (Å²) in [6.45, 7) is 4.83. The predicted molar refractivity (Wildman–Crippen MR) is 114 cm³/mol. The average Bonchev–Trinajstić information content (AvgIpc) is 3.10. The monoisotopic (exact) mass is 440 g/mol. The number of methoxy groups -OCH3 is 1. The number of phenolic OH excluding ortho intramolecular Hbond substituents is 1. The van der Waals surface area contributed by atoms with Crippen LogP contribution < -0.4 is 5.32 Å². The first kappa shape index (κ1) is 23.0.